The van der Waals surface area contributed by atoms with Gasteiger partial charge >= 0.3 is 0 Å². The van der Waals surface area contributed by atoms with Crippen LogP contribution in [0.15, 0.2) is 42.5 Å². The molecular formula is C18H9Cl2F3O2. The normalized spacial score (nSPS) is 10.9. The van der Waals surface area contributed by atoms with E-state index in [2.05, 4.69) is 0 Å². The molecule has 2 nitrogen and oxygen atoms in total. The Labute approximate surface area is 150 Å². The number of benzene rings is 3. The van der Waals surface area contributed by atoms with Gasteiger partial charge in [-0.1, -0.05) is 23.2 Å². The van der Waals surface area contributed by atoms with Gasteiger partial charge in [0.15, 0.2) is 0 Å². The smallest absolute Gasteiger partial charge is 0.142 e. The van der Waals surface area contributed by atoms with Gasteiger partial charge in [-0.25, -0.2) is 13.2 Å². The average molecular weight is 385 g/mol. The van der Waals surface area contributed by atoms with E-state index in [0.29, 0.717) is 23.3 Å². The summed E-state index contributed by atoms with van der Waals surface area (Å²) in [5.41, 5.74) is 0.0560. The molecule has 0 aliphatic rings. The molecule has 0 bridgehead atoms. The fourth-order valence-corrected chi connectivity index (χ4v) is 2.94. The van der Waals surface area contributed by atoms with Gasteiger partial charge in [0.2, 0.25) is 0 Å². The number of phenols is 2. The SMILES string of the molecule is Oc1cc(F)cc(F)c1-c1cc(-c2cc(F)cc(Cl)c2)cc(Cl)c1O. The van der Waals surface area contributed by atoms with Crippen LogP contribution in [0.4, 0.5) is 13.2 Å². The lowest BCUT2D eigenvalue weighted by Gasteiger charge is -2.13. The molecule has 2 N–H and O–H groups in total. The van der Waals surface area contributed by atoms with Crippen molar-refractivity contribution in [3.63, 3.8) is 0 Å². The Bertz CT molecular complexity index is 947. The van der Waals surface area contributed by atoms with Gasteiger partial charge in [-0.15, -0.1) is 0 Å². The minimum absolute atomic E-state index is 0.136. The van der Waals surface area contributed by atoms with Crippen molar-refractivity contribution in [2.75, 3.05) is 0 Å². The van der Waals surface area contributed by atoms with E-state index < -0.39 is 34.5 Å². The van der Waals surface area contributed by atoms with E-state index in [0.717, 1.165) is 6.07 Å². The van der Waals surface area contributed by atoms with Crippen LogP contribution in [0.25, 0.3) is 22.3 Å². The zero-order valence-corrected chi connectivity index (χ0v) is 13.8. The van der Waals surface area contributed by atoms with Crippen LogP contribution in [0.2, 0.25) is 10.0 Å². The largest absolute Gasteiger partial charge is 0.507 e. The third-order valence-corrected chi connectivity index (χ3v) is 4.07. The molecular weight excluding hydrogens is 376 g/mol. The minimum atomic E-state index is -1.08. The Morgan fingerprint density at radius 3 is 2.00 bits per heavy atom. The molecule has 3 aromatic carbocycles. The predicted molar refractivity (Wildman–Crippen MR) is 90.5 cm³/mol. The van der Waals surface area contributed by atoms with E-state index in [1.807, 2.05) is 0 Å². The summed E-state index contributed by atoms with van der Waals surface area (Å²) in [6.07, 6.45) is 0. The van der Waals surface area contributed by atoms with Crippen LogP contribution in [0, 0.1) is 17.5 Å². The van der Waals surface area contributed by atoms with E-state index in [-0.39, 0.29) is 15.6 Å². The second kappa shape index (κ2) is 6.50. The summed E-state index contributed by atoms with van der Waals surface area (Å²) >= 11 is 11.8. The van der Waals surface area contributed by atoms with Gasteiger partial charge in [-0.2, -0.15) is 0 Å². The molecule has 25 heavy (non-hydrogen) atoms. The van der Waals surface area contributed by atoms with Gasteiger partial charge in [-0.05, 0) is 41.5 Å². The van der Waals surface area contributed by atoms with Crippen molar-refractivity contribution in [1.82, 2.24) is 0 Å². The first-order valence-corrected chi connectivity index (χ1v) is 7.69. The molecule has 0 spiro atoms. The average Bonchev–Trinajstić information content (AvgIpc) is 2.49. The minimum Gasteiger partial charge on any atom is -0.507 e. The summed E-state index contributed by atoms with van der Waals surface area (Å²) in [6, 6.07) is 7.65. The quantitative estimate of drug-likeness (QED) is 0.555. The lowest BCUT2D eigenvalue weighted by atomic mass is 9.97. The molecule has 0 unspecified atom stereocenters. The maximum Gasteiger partial charge on any atom is 0.142 e. The highest BCUT2D eigenvalue weighted by molar-refractivity contribution is 6.33. The van der Waals surface area contributed by atoms with Crippen LogP contribution in [-0.4, -0.2) is 10.2 Å². The predicted octanol–water partition coefficient (Wildman–Crippen LogP) is 6.16. The second-order valence-corrected chi connectivity index (χ2v) is 6.14. The van der Waals surface area contributed by atoms with Crippen molar-refractivity contribution in [3.05, 3.63) is 70.0 Å². The highest BCUT2D eigenvalue weighted by Gasteiger charge is 2.19. The molecule has 0 heterocycles. The van der Waals surface area contributed by atoms with Gasteiger partial charge in [0, 0.05) is 22.7 Å². The monoisotopic (exact) mass is 384 g/mol. The highest BCUT2D eigenvalue weighted by Crippen LogP contribution is 2.44. The van der Waals surface area contributed by atoms with Crippen molar-refractivity contribution < 1.29 is 23.4 Å². The molecule has 3 aromatic rings. The molecule has 128 valence electrons. The zero-order chi connectivity index (χ0) is 18.3. The summed E-state index contributed by atoms with van der Waals surface area (Å²) in [5, 5.41) is 20.0. The van der Waals surface area contributed by atoms with Crippen LogP contribution in [0.3, 0.4) is 0 Å². The summed E-state index contributed by atoms with van der Waals surface area (Å²) < 4.78 is 40.9. The van der Waals surface area contributed by atoms with E-state index in [4.69, 9.17) is 23.2 Å². The van der Waals surface area contributed by atoms with E-state index in [9.17, 15) is 23.4 Å². The second-order valence-electron chi connectivity index (χ2n) is 5.29. The summed E-state index contributed by atoms with van der Waals surface area (Å²) in [7, 11) is 0. The third kappa shape index (κ3) is 3.38. The first kappa shape index (κ1) is 17.5. The fourth-order valence-electron chi connectivity index (χ4n) is 2.50. The van der Waals surface area contributed by atoms with Crippen LogP contribution in [0.1, 0.15) is 0 Å². The van der Waals surface area contributed by atoms with Crippen LogP contribution >= 0.6 is 23.2 Å². The molecule has 0 aliphatic heterocycles. The van der Waals surface area contributed by atoms with Crippen LogP contribution < -0.4 is 0 Å². The highest BCUT2D eigenvalue weighted by atomic mass is 35.5. The molecule has 0 radical (unpaired) electrons. The van der Waals surface area contributed by atoms with Crippen molar-refractivity contribution in [1.29, 1.82) is 0 Å². The molecule has 0 saturated heterocycles. The van der Waals surface area contributed by atoms with Crippen molar-refractivity contribution in [2.45, 2.75) is 0 Å². The first-order chi connectivity index (χ1) is 11.8. The number of aromatic hydroxyl groups is 2. The van der Waals surface area contributed by atoms with E-state index in [1.54, 1.807) is 0 Å². The maximum absolute atomic E-state index is 14.1. The Morgan fingerprint density at radius 2 is 1.36 bits per heavy atom. The standard InChI is InChI=1S/C18H9Cl2F3O2/c19-10-1-8(2-11(21)5-10)9-3-13(18(25)14(20)4-9)17-15(23)6-12(22)7-16(17)24/h1-7,24-25H. The fraction of sp³-hybridized carbons (Fsp3) is 0. The Hall–Kier alpha value is -2.37. The number of hydrogen-bond acceptors (Lipinski definition) is 2. The molecule has 0 aromatic heterocycles. The van der Waals surface area contributed by atoms with Gasteiger partial charge in [0.25, 0.3) is 0 Å². The molecule has 0 fully saturated rings. The lowest BCUT2D eigenvalue weighted by molar-refractivity contribution is 0.458. The van der Waals surface area contributed by atoms with Crippen LogP contribution in [-0.2, 0) is 0 Å². The van der Waals surface area contributed by atoms with E-state index in [1.165, 1.54) is 24.3 Å². The summed E-state index contributed by atoms with van der Waals surface area (Å²) in [4.78, 5) is 0. The summed E-state index contributed by atoms with van der Waals surface area (Å²) in [5.74, 6) is -3.87. The zero-order valence-electron chi connectivity index (χ0n) is 12.3. The van der Waals surface area contributed by atoms with Crippen molar-refractivity contribution >= 4 is 23.2 Å². The molecule has 0 atom stereocenters. The summed E-state index contributed by atoms with van der Waals surface area (Å²) in [6.45, 7) is 0. The van der Waals surface area contributed by atoms with Crippen molar-refractivity contribution in [3.8, 4) is 33.8 Å². The molecule has 0 aliphatic carbocycles. The Kier molecular flexibility index (Phi) is 4.54. The van der Waals surface area contributed by atoms with E-state index >= 15 is 0 Å². The maximum atomic E-state index is 14.1. The van der Waals surface area contributed by atoms with Gasteiger partial charge < -0.3 is 10.2 Å². The molecule has 0 saturated carbocycles. The number of halogens is 5. The van der Waals surface area contributed by atoms with Crippen molar-refractivity contribution in [2.24, 2.45) is 0 Å². The number of phenolic OH excluding ortho intramolecular Hbond substituents is 2. The Morgan fingerprint density at radius 1 is 0.720 bits per heavy atom. The molecule has 3 rings (SSSR count). The van der Waals surface area contributed by atoms with Gasteiger partial charge in [0.05, 0.1) is 10.6 Å². The van der Waals surface area contributed by atoms with Crippen LogP contribution in [0.5, 0.6) is 11.5 Å². The Balaban J connectivity index is 2.28. The lowest BCUT2D eigenvalue weighted by Crippen LogP contribution is -1.91. The van der Waals surface area contributed by atoms with Gasteiger partial charge in [-0.3, -0.25) is 0 Å². The third-order valence-electron chi connectivity index (χ3n) is 3.56. The van der Waals surface area contributed by atoms with Gasteiger partial charge in [0.1, 0.15) is 29.0 Å². The number of rotatable bonds is 2. The topological polar surface area (TPSA) is 40.5 Å². The molecule has 0 amide bonds. The first-order valence-electron chi connectivity index (χ1n) is 6.93. The molecule has 7 heteroatoms. The number of hydrogen-bond donors (Lipinski definition) is 2.